The third kappa shape index (κ3) is 3.22. The number of hydrogen-bond acceptors (Lipinski definition) is 2. The lowest BCUT2D eigenvalue weighted by molar-refractivity contribution is 0.0940. The highest BCUT2D eigenvalue weighted by molar-refractivity contribution is 5.99. The number of aromatic nitrogens is 2. The fourth-order valence-electron chi connectivity index (χ4n) is 2.06. The van der Waals surface area contributed by atoms with Crippen molar-refractivity contribution in [3.63, 3.8) is 0 Å². The number of carbonyl (C=O) groups excluding carboxylic acids is 1. The maximum absolute atomic E-state index is 12.2. The monoisotopic (exact) mass is 258 g/mol. The van der Waals surface area contributed by atoms with Gasteiger partial charge in [0.1, 0.15) is 5.82 Å². The molecule has 0 spiro atoms. The molecule has 0 aliphatic rings. The second kappa shape index (κ2) is 4.80. The largest absolute Gasteiger partial charge is 0.342 e. The van der Waals surface area contributed by atoms with Gasteiger partial charge >= 0.3 is 0 Å². The molecule has 19 heavy (non-hydrogen) atoms. The number of fused-ring (bicyclic) bond motifs is 1. The molecule has 0 fully saturated rings. The van der Waals surface area contributed by atoms with E-state index in [0.717, 1.165) is 22.4 Å². The van der Waals surface area contributed by atoms with Crippen LogP contribution < -0.4 is 0 Å². The number of nitrogens with zero attached hydrogens (tertiary/aromatic N) is 1. The zero-order valence-corrected chi connectivity index (χ0v) is 12.4. The molecule has 0 radical (unpaired) electrons. The average Bonchev–Trinajstić information content (AvgIpc) is 2.69. The van der Waals surface area contributed by atoms with Crippen LogP contribution in [0.3, 0.4) is 0 Å². The molecule has 1 N–H and O–H groups in total. The van der Waals surface area contributed by atoms with Crippen molar-refractivity contribution in [2.45, 2.75) is 47.0 Å². The van der Waals surface area contributed by atoms with Gasteiger partial charge in [-0.1, -0.05) is 34.6 Å². The van der Waals surface area contributed by atoms with Crippen molar-refractivity contribution in [1.29, 1.82) is 0 Å². The minimum absolute atomic E-state index is 0.0170. The van der Waals surface area contributed by atoms with Crippen LogP contribution >= 0.6 is 0 Å². The van der Waals surface area contributed by atoms with E-state index in [2.05, 4.69) is 44.6 Å². The molecule has 1 heterocycles. The molecule has 3 heteroatoms. The summed E-state index contributed by atoms with van der Waals surface area (Å²) in [5, 5.41) is 0. The second-order valence-electron chi connectivity index (χ2n) is 6.67. The molecule has 0 aliphatic heterocycles. The molecule has 1 aromatic carbocycles. The Morgan fingerprint density at radius 2 is 2.00 bits per heavy atom. The second-order valence-corrected chi connectivity index (χ2v) is 6.67. The number of ketones is 1. The smallest absolute Gasteiger partial charge is 0.163 e. The van der Waals surface area contributed by atoms with Crippen LogP contribution in [-0.2, 0) is 0 Å². The molecule has 0 aliphatic carbocycles. The van der Waals surface area contributed by atoms with Crippen molar-refractivity contribution in [1.82, 2.24) is 9.97 Å². The van der Waals surface area contributed by atoms with Gasteiger partial charge in [-0.3, -0.25) is 4.79 Å². The summed E-state index contributed by atoms with van der Waals surface area (Å²) in [4.78, 5) is 20.0. The highest BCUT2D eigenvalue weighted by Crippen LogP contribution is 2.23. The first-order valence-corrected chi connectivity index (χ1v) is 6.79. The van der Waals surface area contributed by atoms with Gasteiger partial charge in [0.25, 0.3) is 0 Å². The summed E-state index contributed by atoms with van der Waals surface area (Å²) in [7, 11) is 0. The van der Waals surface area contributed by atoms with E-state index in [-0.39, 0.29) is 11.2 Å². The molecule has 0 bridgehead atoms. The van der Waals surface area contributed by atoms with E-state index in [1.807, 2.05) is 18.2 Å². The SMILES string of the molecule is CC(C)c1nc2ccc(C(=O)CC(C)(C)C)cc2[nH]1. The van der Waals surface area contributed by atoms with Crippen LogP contribution in [0.5, 0.6) is 0 Å². The summed E-state index contributed by atoms with van der Waals surface area (Å²) in [6, 6.07) is 5.72. The van der Waals surface area contributed by atoms with E-state index in [1.54, 1.807) is 0 Å². The number of carbonyl (C=O) groups is 1. The number of rotatable bonds is 3. The quantitative estimate of drug-likeness (QED) is 0.834. The van der Waals surface area contributed by atoms with Gasteiger partial charge in [-0.25, -0.2) is 4.98 Å². The van der Waals surface area contributed by atoms with E-state index in [0.29, 0.717) is 12.3 Å². The van der Waals surface area contributed by atoms with Crippen molar-refractivity contribution >= 4 is 16.8 Å². The van der Waals surface area contributed by atoms with Gasteiger partial charge in [0.2, 0.25) is 0 Å². The predicted octanol–water partition coefficient (Wildman–Crippen LogP) is 4.31. The molecule has 2 rings (SSSR count). The normalized spacial score (nSPS) is 12.3. The zero-order valence-electron chi connectivity index (χ0n) is 12.4. The number of H-pyrrole nitrogens is 1. The Morgan fingerprint density at radius 3 is 2.58 bits per heavy atom. The van der Waals surface area contributed by atoms with E-state index < -0.39 is 0 Å². The Hall–Kier alpha value is -1.64. The average molecular weight is 258 g/mol. The van der Waals surface area contributed by atoms with Crippen molar-refractivity contribution in [3.8, 4) is 0 Å². The molecule has 0 atom stereocenters. The van der Waals surface area contributed by atoms with Gasteiger partial charge in [-0.2, -0.15) is 0 Å². The minimum atomic E-state index is 0.0170. The van der Waals surface area contributed by atoms with E-state index in [1.165, 1.54) is 0 Å². The summed E-state index contributed by atoms with van der Waals surface area (Å²) < 4.78 is 0. The van der Waals surface area contributed by atoms with Gasteiger partial charge in [-0.05, 0) is 23.6 Å². The number of Topliss-reactive ketones (excluding diaryl/α,β-unsaturated/α-hetero) is 1. The number of hydrogen-bond donors (Lipinski definition) is 1. The third-order valence-electron chi connectivity index (χ3n) is 3.06. The first kappa shape index (κ1) is 13.8. The molecule has 0 saturated heterocycles. The van der Waals surface area contributed by atoms with Crippen molar-refractivity contribution in [2.24, 2.45) is 5.41 Å². The summed E-state index contributed by atoms with van der Waals surface area (Å²) in [5.41, 5.74) is 2.66. The van der Waals surface area contributed by atoms with Gasteiger partial charge in [-0.15, -0.1) is 0 Å². The summed E-state index contributed by atoms with van der Waals surface area (Å²) >= 11 is 0. The fourth-order valence-corrected chi connectivity index (χ4v) is 2.06. The Kier molecular flexibility index (Phi) is 3.48. The van der Waals surface area contributed by atoms with Crippen molar-refractivity contribution in [3.05, 3.63) is 29.6 Å². The highest BCUT2D eigenvalue weighted by atomic mass is 16.1. The molecule has 0 amide bonds. The number of imidazole rings is 1. The zero-order chi connectivity index (χ0) is 14.2. The topological polar surface area (TPSA) is 45.8 Å². The fraction of sp³-hybridized carbons (Fsp3) is 0.500. The van der Waals surface area contributed by atoms with Gasteiger partial charge in [0.05, 0.1) is 11.0 Å². The van der Waals surface area contributed by atoms with Crippen molar-refractivity contribution in [2.75, 3.05) is 0 Å². The van der Waals surface area contributed by atoms with Crippen LogP contribution in [0.2, 0.25) is 0 Å². The summed E-state index contributed by atoms with van der Waals surface area (Å²) in [6.45, 7) is 10.4. The Morgan fingerprint density at radius 1 is 1.32 bits per heavy atom. The number of benzene rings is 1. The Bertz CT molecular complexity index is 603. The molecule has 1 aromatic heterocycles. The van der Waals surface area contributed by atoms with Crippen LogP contribution in [0, 0.1) is 5.41 Å². The Labute approximate surface area is 114 Å². The van der Waals surface area contributed by atoms with Crippen LogP contribution in [0.1, 0.15) is 63.1 Å². The molecule has 102 valence electrons. The van der Waals surface area contributed by atoms with Crippen LogP contribution in [0.4, 0.5) is 0 Å². The lowest BCUT2D eigenvalue weighted by atomic mass is 9.88. The van der Waals surface area contributed by atoms with Gasteiger partial charge in [0, 0.05) is 17.9 Å². The van der Waals surface area contributed by atoms with Gasteiger partial charge in [0.15, 0.2) is 5.78 Å². The van der Waals surface area contributed by atoms with E-state index >= 15 is 0 Å². The molecular formula is C16H22N2O. The number of nitrogens with one attached hydrogen (secondary N) is 1. The molecule has 2 aromatic rings. The Balaban J connectivity index is 2.33. The molecular weight excluding hydrogens is 236 g/mol. The third-order valence-corrected chi connectivity index (χ3v) is 3.06. The maximum atomic E-state index is 12.2. The standard InChI is InChI=1S/C16H22N2O/c1-10(2)15-17-12-7-6-11(8-13(12)18-15)14(19)9-16(3,4)5/h6-8,10H,9H2,1-5H3,(H,17,18). The van der Waals surface area contributed by atoms with E-state index in [4.69, 9.17) is 0 Å². The molecule has 0 saturated carbocycles. The molecule has 3 nitrogen and oxygen atoms in total. The lowest BCUT2D eigenvalue weighted by Gasteiger charge is -2.16. The predicted molar refractivity (Wildman–Crippen MR) is 78.6 cm³/mol. The first-order valence-electron chi connectivity index (χ1n) is 6.79. The summed E-state index contributed by atoms with van der Waals surface area (Å²) in [6.07, 6.45) is 0.559. The van der Waals surface area contributed by atoms with Crippen molar-refractivity contribution < 1.29 is 4.79 Å². The lowest BCUT2D eigenvalue weighted by Crippen LogP contribution is -2.12. The molecule has 0 unspecified atom stereocenters. The van der Waals surface area contributed by atoms with Crippen LogP contribution in [0.25, 0.3) is 11.0 Å². The minimum Gasteiger partial charge on any atom is -0.342 e. The van der Waals surface area contributed by atoms with Crippen LogP contribution in [-0.4, -0.2) is 15.8 Å². The van der Waals surface area contributed by atoms with E-state index in [9.17, 15) is 4.79 Å². The first-order chi connectivity index (χ1) is 8.76. The maximum Gasteiger partial charge on any atom is 0.163 e. The summed E-state index contributed by atoms with van der Waals surface area (Å²) in [5.74, 6) is 1.52. The highest BCUT2D eigenvalue weighted by Gasteiger charge is 2.18. The van der Waals surface area contributed by atoms with Crippen LogP contribution in [0.15, 0.2) is 18.2 Å². The van der Waals surface area contributed by atoms with Gasteiger partial charge < -0.3 is 4.98 Å². The number of aromatic amines is 1.